The maximum Gasteiger partial charge on any atom is 0.130 e. The van der Waals surface area contributed by atoms with Crippen LogP contribution >= 0.6 is 0 Å². The van der Waals surface area contributed by atoms with Gasteiger partial charge in [0, 0.05) is 25.4 Å². The lowest BCUT2D eigenvalue weighted by Gasteiger charge is -2.28. The van der Waals surface area contributed by atoms with Crippen molar-refractivity contribution in [1.82, 2.24) is 4.98 Å². The summed E-state index contributed by atoms with van der Waals surface area (Å²) in [5.41, 5.74) is 2.92. The summed E-state index contributed by atoms with van der Waals surface area (Å²) in [4.78, 5) is 4.93. The summed E-state index contributed by atoms with van der Waals surface area (Å²) >= 11 is 0. The van der Waals surface area contributed by atoms with Gasteiger partial charge in [-0.3, -0.25) is 0 Å². The minimum atomic E-state index is -0.233. The Hall–Kier alpha value is -1.98. The van der Waals surface area contributed by atoms with Gasteiger partial charge in [-0.25, -0.2) is 9.37 Å². The SMILES string of the molecule is CC1(Nc2nc(-c3ccc(F)cc3)ccc2CC2CCOCC2)CCOC1. The van der Waals surface area contributed by atoms with Crippen LogP contribution in [-0.4, -0.2) is 37.0 Å². The normalized spacial score (nSPS) is 23.5. The molecule has 2 saturated heterocycles. The number of halogens is 1. The monoisotopic (exact) mass is 370 g/mol. The molecule has 1 aromatic carbocycles. The molecular weight excluding hydrogens is 343 g/mol. The first kappa shape index (κ1) is 18.4. The first-order chi connectivity index (χ1) is 13.1. The molecule has 4 rings (SSSR count). The topological polar surface area (TPSA) is 43.4 Å². The zero-order valence-corrected chi connectivity index (χ0v) is 15.8. The predicted octanol–water partition coefficient (Wildman–Crippen LogP) is 4.45. The van der Waals surface area contributed by atoms with Crippen molar-refractivity contribution < 1.29 is 13.9 Å². The van der Waals surface area contributed by atoms with Crippen LogP contribution in [-0.2, 0) is 15.9 Å². The third-order valence-corrected chi connectivity index (χ3v) is 5.61. The zero-order valence-electron chi connectivity index (χ0n) is 15.8. The molecule has 0 saturated carbocycles. The number of rotatable bonds is 5. The predicted molar refractivity (Wildman–Crippen MR) is 104 cm³/mol. The van der Waals surface area contributed by atoms with Crippen LogP contribution in [0.4, 0.5) is 10.2 Å². The maximum atomic E-state index is 13.3. The minimum absolute atomic E-state index is 0.0984. The van der Waals surface area contributed by atoms with Crippen LogP contribution in [0, 0.1) is 11.7 Å². The Bertz CT molecular complexity index is 766. The molecule has 2 fully saturated rings. The number of aromatic nitrogens is 1. The summed E-state index contributed by atoms with van der Waals surface area (Å²) in [7, 11) is 0. The van der Waals surface area contributed by atoms with Gasteiger partial charge in [0.2, 0.25) is 0 Å². The third-order valence-electron chi connectivity index (χ3n) is 5.61. The van der Waals surface area contributed by atoms with Crippen LogP contribution in [0.15, 0.2) is 36.4 Å². The minimum Gasteiger partial charge on any atom is -0.381 e. The van der Waals surface area contributed by atoms with Gasteiger partial charge in [0.05, 0.1) is 17.8 Å². The van der Waals surface area contributed by atoms with Gasteiger partial charge in [-0.1, -0.05) is 6.07 Å². The molecule has 0 amide bonds. The number of hydrogen-bond donors (Lipinski definition) is 1. The average Bonchev–Trinajstić information content (AvgIpc) is 3.11. The summed E-state index contributed by atoms with van der Waals surface area (Å²) < 4.78 is 24.4. The van der Waals surface area contributed by atoms with E-state index in [1.807, 2.05) is 6.07 Å². The van der Waals surface area contributed by atoms with Crippen molar-refractivity contribution in [2.24, 2.45) is 5.92 Å². The first-order valence-corrected chi connectivity index (χ1v) is 9.81. The summed E-state index contributed by atoms with van der Waals surface area (Å²) in [6, 6.07) is 10.7. The van der Waals surface area contributed by atoms with E-state index in [4.69, 9.17) is 14.5 Å². The van der Waals surface area contributed by atoms with Crippen molar-refractivity contribution in [3.63, 3.8) is 0 Å². The van der Waals surface area contributed by atoms with Crippen LogP contribution < -0.4 is 5.32 Å². The van der Waals surface area contributed by atoms with Gasteiger partial charge in [-0.15, -0.1) is 0 Å². The van der Waals surface area contributed by atoms with Crippen molar-refractivity contribution in [3.05, 3.63) is 47.8 Å². The van der Waals surface area contributed by atoms with Crippen LogP contribution in [0.1, 0.15) is 31.7 Å². The van der Waals surface area contributed by atoms with Gasteiger partial charge in [-0.05, 0) is 74.4 Å². The lowest BCUT2D eigenvalue weighted by atomic mass is 9.91. The summed E-state index contributed by atoms with van der Waals surface area (Å²) in [6.45, 7) is 5.34. The molecule has 0 radical (unpaired) electrons. The quantitative estimate of drug-likeness (QED) is 0.845. The Morgan fingerprint density at radius 1 is 1.07 bits per heavy atom. The fourth-order valence-electron chi connectivity index (χ4n) is 3.86. The van der Waals surface area contributed by atoms with Crippen molar-refractivity contribution in [3.8, 4) is 11.3 Å². The number of ether oxygens (including phenoxy) is 2. The van der Waals surface area contributed by atoms with Crippen LogP contribution in [0.2, 0.25) is 0 Å². The fourth-order valence-corrected chi connectivity index (χ4v) is 3.86. The Kier molecular flexibility index (Phi) is 5.41. The molecule has 5 heteroatoms. The van der Waals surface area contributed by atoms with E-state index in [-0.39, 0.29) is 11.4 Å². The van der Waals surface area contributed by atoms with Gasteiger partial charge in [0.1, 0.15) is 11.6 Å². The molecule has 2 aliphatic heterocycles. The number of anilines is 1. The molecular formula is C22H27FN2O2. The molecule has 2 aliphatic rings. The van der Waals surface area contributed by atoms with Gasteiger partial charge in [0.15, 0.2) is 0 Å². The highest BCUT2D eigenvalue weighted by molar-refractivity contribution is 5.63. The molecule has 1 unspecified atom stereocenters. The Morgan fingerprint density at radius 2 is 1.85 bits per heavy atom. The Balaban J connectivity index is 1.63. The second kappa shape index (κ2) is 7.95. The van der Waals surface area contributed by atoms with Crippen LogP contribution in [0.5, 0.6) is 0 Å². The lowest BCUT2D eigenvalue weighted by Crippen LogP contribution is -2.36. The number of hydrogen-bond acceptors (Lipinski definition) is 4. The molecule has 1 aromatic heterocycles. The van der Waals surface area contributed by atoms with Crippen LogP contribution in [0.3, 0.4) is 0 Å². The van der Waals surface area contributed by atoms with E-state index in [9.17, 15) is 4.39 Å². The molecule has 0 bridgehead atoms. The largest absolute Gasteiger partial charge is 0.381 e. The van der Waals surface area contributed by atoms with Crippen molar-refractivity contribution in [2.75, 3.05) is 31.7 Å². The molecule has 0 aliphatic carbocycles. The van der Waals surface area contributed by atoms with Gasteiger partial charge >= 0.3 is 0 Å². The molecule has 0 spiro atoms. The smallest absolute Gasteiger partial charge is 0.130 e. The van der Waals surface area contributed by atoms with E-state index >= 15 is 0 Å². The number of nitrogens with zero attached hydrogens (tertiary/aromatic N) is 1. The third kappa shape index (κ3) is 4.47. The van der Waals surface area contributed by atoms with E-state index < -0.39 is 0 Å². The highest BCUT2D eigenvalue weighted by atomic mass is 19.1. The number of pyridine rings is 1. The molecule has 3 heterocycles. The number of nitrogens with one attached hydrogen (secondary N) is 1. The van der Waals surface area contributed by atoms with Gasteiger partial charge in [0.25, 0.3) is 0 Å². The average molecular weight is 370 g/mol. The molecule has 144 valence electrons. The summed E-state index contributed by atoms with van der Waals surface area (Å²) in [5, 5.41) is 3.66. The number of benzene rings is 1. The Morgan fingerprint density at radius 3 is 2.56 bits per heavy atom. The van der Waals surface area contributed by atoms with Gasteiger partial charge < -0.3 is 14.8 Å². The fraction of sp³-hybridized carbons (Fsp3) is 0.500. The molecule has 2 aromatic rings. The molecule has 27 heavy (non-hydrogen) atoms. The van der Waals surface area contributed by atoms with Crippen molar-refractivity contribution in [1.29, 1.82) is 0 Å². The van der Waals surface area contributed by atoms with E-state index in [0.29, 0.717) is 12.5 Å². The Labute approximate surface area is 160 Å². The van der Waals surface area contributed by atoms with Gasteiger partial charge in [-0.2, -0.15) is 0 Å². The van der Waals surface area contributed by atoms with Crippen molar-refractivity contribution in [2.45, 2.75) is 38.1 Å². The highest BCUT2D eigenvalue weighted by Gasteiger charge is 2.31. The second-order valence-electron chi connectivity index (χ2n) is 7.96. The standard InChI is InChI=1S/C22H27FN2O2/c1-22(10-13-27-15-22)25-21-18(14-16-8-11-26-12-9-16)4-7-20(24-21)17-2-5-19(23)6-3-17/h2-7,16H,8-15H2,1H3,(H,24,25). The first-order valence-electron chi connectivity index (χ1n) is 9.81. The zero-order chi connectivity index (χ0) is 18.7. The summed E-state index contributed by atoms with van der Waals surface area (Å²) in [5.74, 6) is 1.32. The summed E-state index contributed by atoms with van der Waals surface area (Å²) in [6.07, 6.45) is 4.16. The van der Waals surface area contributed by atoms with E-state index in [1.54, 1.807) is 12.1 Å². The lowest BCUT2D eigenvalue weighted by molar-refractivity contribution is 0.0665. The molecule has 4 nitrogen and oxygen atoms in total. The second-order valence-corrected chi connectivity index (χ2v) is 7.96. The molecule has 1 N–H and O–H groups in total. The van der Waals surface area contributed by atoms with E-state index in [1.165, 1.54) is 17.7 Å². The molecule has 1 atom stereocenters. The van der Waals surface area contributed by atoms with E-state index in [2.05, 4.69) is 18.3 Å². The van der Waals surface area contributed by atoms with E-state index in [0.717, 1.165) is 62.6 Å². The highest BCUT2D eigenvalue weighted by Crippen LogP contribution is 2.30. The van der Waals surface area contributed by atoms with Crippen molar-refractivity contribution >= 4 is 5.82 Å². The maximum absolute atomic E-state index is 13.3. The van der Waals surface area contributed by atoms with Crippen LogP contribution in [0.25, 0.3) is 11.3 Å².